The molecule has 0 bridgehead atoms. The molecular formula is C16H22N2O2. The molecule has 0 spiro atoms. The Morgan fingerprint density at radius 2 is 2.00 bits per heavy atom. The molecule has 1 heterocycles. The zero-order valence-electron chi connectivity index (χ0n) is 12.3. The van der Waals surface area contributed by atoms with Crippen LogP contribution in [0.15, 0.2) is 36.7 Å². The molecule has 0 aliphatic heterocycles. The SMILES string of the molecule is CCCn1ccc(CNc2cc(OC)ccc2OC)c1. The lowest BCUT2D eigenvalue weighted by atomic mass is 10.2. The first-order chi connectivity index (χ1) is 9.76. The van der Waals surface area contributed by atoms with Gasteiger partial charge in [0.25, 0.3) is 0 Å². The predicted octanol–water partition coefficient (Wildman–Crippen LogP) is 3.53. The van der Waals surface area contributed by atoms with Crippen molar-refractivity contribution in [3.8, 4) is 11.5 Å². The maximum Gasteiger partial charge on any atom is 0.142 e. The number of aromatic nitrogens is 1. The maximum atomic E-state index is 5.35. The predicted molar refractivity (Wildman–Crippen MR) is 81.6 cm³/mol. The van der Waals surface area contributed by atoms with Gasteiger partial charge in [0.1, 0.15) is 11.5 Å². The van der Waals surface area contributed by atoms with Crippen LogP contribution in [0, 0.1) is 0 Å². The monoisotopic (exact) mass is 274 g/mol. The Hall–Kier alpha value is -2.10. The topological polar surface area (TPSA) is 35.4 Å². The quantitative estimate of drug-likeness (QED) is 0.839. The van der Waals surface area contributed by atoms with Gasteiger partial charge >= 0.3 is 0 Å². The third-order valence-corrected chi connectivity index (χ3v) is 3.18. The van der Waals surface area contributed by atoms with Gasteiger partial charge in [0, 0.05) is 31.5 Å². The standard InChI is InChI=1S/C16H22N2O2/c1-4-8-18-9-7-13(12-18)11-17-15-10-14(19-2)5-6-16(15)20-3/h5-7,9-10,12,17H,4,8,11H2,1-3H3. The fraction of sp³-hybridized carbons (Fsp3) is 0.375. The number of aryl methyl sites for hydroxylation is 1. The van der Waals surface area contributed by atoms with Gasteiger partial charge in [-0.05, 0) is 30.2 Å². The van der Waals surface area contributed by atoms with E-state index in [0.717, 1.165) is 36.7 Å². The van der Waals surface area contributed by atoms with E-state index in [1.807, 2.05) is 18.2 Å². The smallest absolute Gasteiger partial charge is 0.142 e. The van der Waals surface area contributed by atoms with Crippen molar-refractivity contribution < 1.29 is 9.47 Å². The Labute approximate surface area is 120 Å². The molecule has 0 saturated carbocycles. The molecule has 0 saturated heterocycles. The molecule has 0 aliphatic rings. The van der Waals surface area contributed by atoms with Crippen LogP contribution in [0.1, 0.15) is 18.9 Å². The van der Waals surface area contributed by atoms with Crippen LogP contribution in [-0.2, 0) is 13.1 Å². The highest BCUT2D eigenvalue weighted by molar-refractivity contribution is 5.59. The summed E-state index contributed by atoms with van der Waals surface area (Å²) < 4.78 is 12.8. The summed E-state index contributed by atoms with van der Waals surface area (Å²) in [6.45, 7) is 4.00. The minimum atomic E-state index is 0.764. The van der Waals surface area contributed by atoms with Gasteiger partial charge in [0.15, 0.2) is 0 Å². The number of ether oxygens (including phenoxy) is 2. The van der Waals surface area contributed by atoms with E-state index in [-0.39, 0.29) is 0 Å². The van der Waals surface area contributed by atoms with Gasteiger partial charge in [-0.1, -0.05) is 6.92 Å². The summed E-state index contributed by atoms with van der Waals surface area (Å²) in [7, 11) is 3.33. The second kappa shape index (κ2) is 6.89. The summed E-state index contributed by atoms with van der Waals surface area (Å²) in [6, 6.07) is 7.88. The maximum absolute atomic E-state index is 5.35. The van der Waals surface area contributed by atoms with Crippen molar-refractivity contribution in [2.75, 3.05) is 19.5 Å². The molecule has 0 unspecified atom stereocenters. The number of nitrogens with zero attached hydrogens (tertiary/aromatic N) is 1. The average molecular weight is 274 g/mol. The number of nitrogens with one attached hydrogen (secondary N) is 1. The minimum absolute atomic E-state index is 0.764. The third kappa shape index (κ3) is 3.47. The zero-order valence-corrected chi connectivity index (χ0v) is 12.3. The molecule has 20 heavy (non-hydrogen) atoms. The van der Waals surface area contributed by atoms with Crippen LogP contribution >= 0.6 is 0 Å². The summed E-state index contributed by atoms with van der Waals surface area (Å²) in [5, 5.41) is 3.39. The number of hydrogen-bond acceptors (Lipinski definition) is 3. The van der Waals surface area contributed by atoms with Gasteiger partial charge < -0.3 is 19.4 Å². The first-order valence-electron chi connectivity index (χ1n) is 6.87. The first-order valence-corrected chi connectivity index (χ1v) is 6.87. The van der Waals surface area contributed by atoms with Crippen LogP contribution in [0.2, 0.25) is 0 Å². The zero-order chi connectivity index (χ0) is 14.4. The van der Waals surface area contributed by atoms with E-state index < -0.39 is 0 Å². The normalized spacial score (nSPS) is 10.3. The molecule has 1 aromatic heterocycles. The Balaban J connectivity index is 2.05. The van der Waals surface area contributed by atoms with E-state index in [9.17, 15) is 0 Å². The van der Waals surface area contributed by atoms with Crippen LogP contribution < -0.4 is 14.8 Å². The lowest BCUT2D eigenvalue weighted by molar-refractivity contribution is 0.404. The molecule has 2 aromatic rings. The van der Waals surface area contributed by atoms with Crippen molar-refractivity contribution in [2.24, 2.45) is 0 Å². The summed E-state index contributed by atoms with van der Waals surface area (Å²) in [5.41, 5.74) is 2.19. The number of rotatable bonds is 7. The molecule has 0 amide bonds. The van der Waals surface area contributed by atoms with Gasteiger partial charge in [-0.15, -0.1) is 0 Å². The molecule has 0 aliphatic carbocycles. The minimum Gasteiger partial charge on any atom is -0.497 e. The van der Waals surface area contributed by atoms with Crippen LogP contribution in [0.5, 0.6) is 11.5 Å². The molecule has 2 rings (SSSR count). The number of anilines is 1. The molecule has 4 heteroatoms. The van der Waals surface area contributed by atoms with Gasteiger partial charge in [-0.2, -0.15) is 0 Å². The van der Waals surface area contributed by atoms with Gasteiger partial charge in [-0.3, -0.25) is 0 Å². The van der Waals surface area contributed by atoms with Crippen LogP contribution in [-0.4, -0.2) is 18.8 Å². The highest BCUT2D eigenvalue weighted by atomic mass is 16.5. The fourth-order valence-electron chi connectivity index (χ4n) is 2.14. The van der Waals surface area contributed by atoms with Crippen molar-refractivity contribution in [3.05, 3.63) is 42.2 Å². The van der Waals surface area contributed by atoms with Crippen molar-refractivity contribution in [1.29, 1.82) is 0 Å². The van der Waals surface area contributed by atoms with E-state index >= 15 is 0 Å². The Morgan fingerprint density at radius 3 is 2.70 bits per heavy atom. The number of methoxy groups -OCH3 is 2. The molecule has 0 atom stereocenters. The van der Waals surface area contributed by atoms with Crippen molar-refractivity contribution in [1.82, 2.24) is 4.57 Å². The second-order valence-electron chi connectivity index (χ2n) is 4.68. The Morgan fingerprint density at radius 1 is 1.15 bits per heavy atom. The van der Waals surface area contributed by atoms with Crippen LogP contribution in [0.3, 0.4) is 0 Å². The molecule has 1 N–H and O–H groups in total. The van der Waals surface area contributed by atoms with Gasteiger partial charge in [-0.25, -0.2) is 0 Å². The van der Waals surface area contributed by atoms with E-state index in [0.29, 0.717) is 0 Å². The largest absolute Gasteiger partial charge is 0.497 e. The molecule has 108 valence electrons. The Bertz CT molecular complexity index is 549. The highest BCUT2D eigenvalue weighted by Gasteiger charge is 2.05. The van der Waals surface area contributed by atoms with E-state index in [1.165, 1.54) is 5.56 Å². The molecular weight excluding hydrogens is 252 g/mol. The molecule has 0 radical (unpaired) electrons. The van der Waals surface area contributed by atoms with E-state index in [4.69, 9.17) is 9.47 Å². The first kappa shape index (κ1) is 14.3. The summed E-state index contributed by atoms with van der Waals surface area (Å²) in [5.74, 6) is 1.63. The van der Waals surface area contributed by atoms with Crippen molar-refractivity contribution in [3.63, 3.8) is 0 Å². The summed E-state index contributed by atoms with van der Waals surface area (Å²) in [4.78, 5) is 0. The molecule has 1 aromatic carbocycles. The number of hydrogen-bond donors (Lipinski definition) is 1. The van der Waals surface area contributed by atoms with Crippen LogP contribution in [0.4, 0.5) is 5.69 Å². The van der Waals surface area contributed by atoms with Crippen molar-refractivity contribution >= 4 is 5.69 Å². The Kier molecular flexibility index (Phi) is 4.93. The highest BCUT2D eigenvalue weighted by Crippen LogP contribution is 2.29. The van der Waals surface area contributed by atoms with E-state index in [2.05, 4.69) is 35.3 Å². The lowest BCUT2D eigenvalue weighted by Gasteiger charge is -2.12. The molecule has 4 nitrogen and oxygen atoms in total. The van der Waals surface area contributed by atoms with Crippen LogP contribution in [0.25, 0.3) is 0 Å². The summed E-state index contributed by atoms with van der Waals surface area (Å²) >= 11 is 0. The fourth-order valence-corrected chi connectivity index (χ4v) is 2.14. The second-order valence-corrected chi connectivity index (χ2v) is 4.68. The van der Waals surface area contributed by atoms with E-state index in [1.54, 1.807) is 14.2 Å². The lowest BCUT2D eigenvalue weighted by Crippen LogP contribution is -2.01. The number of benzene rings is 1. The van der Waals surface area contributed by atoms with Gasteiger partial charge in [0.05, 0.1) is 19.9 Å². The van der Waals surface area contributed by atoms with Crippen molar-refractivity contribution in [2.45, 2.75) is 26.4 Å². The molecule has 0 fully saturated rings. The average Bonchev–Trinajstić information content (AvgIpc) is 2.93. The van der Waals surface area contributed by atoms with Gasteiger partial charge in [0.2, 0.25) is 0 Å². The third-order valence-electron chi connectivity index (χ3n) is 3.18. The summed E-state index contributed by atoms with van der Waals surface area (Å²) in [6.07, 6.45) is 5.43.